The van der Waals surface area contributed by atoms with Crippen LogP contribution in [0.2, 0.25) is 0 Å². The molecule has 0 aliphatic carbocycles. The lowest BCUT2D eigenvalue weighted by Crippen LogP contribution is -2.50. The van der Waals surface area contributed by atoms with Crippen LogP contribution in [0.25, 0.3) is 11.3 Å². The standard InChI is InChI=1S/C28H31F3N6O4/c29-28(30,31)25(38)26(39)37-11-8-21(9-12-37)41-24-6-1-18(17-22(24)32)23-7-10-33-27(35-23)34-19-2-4-20(5-3-19)36-13-15-40-16-14-36/h1-7,10,17,21,25,38H,8-9,11-16,32H2,(H,33,34,35)/t25-/m1/s1. The molecule has 0 spiro atoms. The summed E-state index contributed by atoms with van der Waals surface area (Å²) in [5, 5.41) is 12.5. The molecule has 2 saturated heterocycles. The second-order valence-corrected chi connectivity index (χ2v) is 9.88. The van der Waals surface area contributed by atoms with Crippen molar-refractivity contribution in [3.8, 4) is 17.0 Å². The highest BCUT2D eigenvalue weighted by Gasteiger charge is 2.46. The molecule has 4 N–H and O–H groups in total. The van der Waals surface area contributed by atoms with Crippen LogP contribution in [0, 0.1) is 0 Å². The molecule has 2 fully saturated rings. The molecule has 0 unspecified atom stereocenters. The summed E-state index contributed by atoms with van der Waals surface area (Å²) in [6.07, 6.45) is -6.06. The highest BCUT2D eigenvalue weighted by Crippen LogP contribution is 2.31. The normalized spacial score (nSPS) is 17.3. The monoisotopic (exact) mass is 572 g/mol. The van der Waals surface area contributed by atoms with Crippen LogP contribution < -0.4 is 20.7 Å². The lowest BCUT2D eigenvalue weighted by molar-refractivity contribution is -0.211. The van der Waals surface area contributed by atoms with Crippen molar-refractivity contribution in [3.05, 3.63) is 54.7 Å². The number of nitrogens with two attached hydrogens (primary N) is 1. The number of benzene rings is 2. The first-order valence-corrected chi connectivity index (χ1v) is 13.3. The van der Waals surface area contributed by atoms with E-state index in [9.17, 15) is 23.1 Å². The van der Waals surface area contributed by atoms with E-state index in [2.05, 4.69) is 20.2 Å². The number of aliphatic hydroxyl groups excluding tert-OH is 1. The second-order valence-electron chi connectivity index (χ2n) is 9.88. The maximum atomic E-state index is 12.7. The number of aromatic nitrogens is 2. The number of hydrogen-bond donors (Lipinski definition) is 3. The number of rotatable bonds is 7. The van der Waals surface area contributed by atoms with E-state index in [0.29, 0.717) is 35.9 Å². The number of morpholine rings is 1. The van der Waals surface area contributed by atoms with E-state index >= 15 is 0 Å². The maximum Gasteiger partial charge on any atom is 0.423 e. The van der Waals surface area contributed by atoms with Crippen molar-refractivity contribution in [1.29, 1.82) is 0 Å². The quantitative estimate of drug-likeness (QED) is 0.364. The molecule has 0 saturated carbocycles. The molecule has 1 atom stereocenters. The number of aliphatic hydroxyl groups is 1. The topological polar surface area (TPSA) is 126 Å². The third-order valence-corrected chi connectivity index (χ3v) is 7.05. The zero-order chi connectivity index (χ0) is 29.0. The number of carbonyl (C=O) groups excluding carboxylic acids is 1. The fourth-order valence-corrected chi connectivity index (χ4v) is 4.79. The van der Waals surface area contributed by atoms with Gasteiger partial charge in [0.2, 0.25) is 12.1 Å². The Bertz CT molecular complexity index is 1340. The summed E-state index contributed by atoms with van der Waals surface area (Å²) < 4.78 is 49.4. The Balaban J connectivity index is 1.18. The average Bonchev–Trinajstić information content (AvgIpc) is 2.98. The molecule has 218 valence electrons. The number of anilines is 4. The van der Waals surface area contributed by atoms with Crippen molar-refractivity contribution >= 4 is 28.9 Å². The lowest BCUT2D eigenvalue weighted by atomic mass is 10.1. The predicted octanol–water partition coefficient (Wildman–Crippen LogP) is 3.60. The van der Waals surface area contributed by atoms with Gasteiger partial charge in [0.25, 0.3) is 5.91 Å². The number of likely N-dealkylation sites (tertiary alicyclic amines) is 1. The lowest BCUT2D eigenvalue weighted by Gasteiger charge is -2.33. The van der Waals surface area contributed by atoms with Crippen LogP contribution in [0.4, 0.5) is 36.2 Å². The molecule has 1 aromatic heterocycles. The van der Waals surface area contributed by atoms with Gasteiger partial charge in [0, 0.05) is 62.2 Å². The molecule has 41 heavy (non-hydrogen) atoms. The number of alkyl halides is 3. The molecule has 0 radical (unpaired) electrons. The maximum absolute atomic E-state index is 12.7. The summed E-state index contributed by atoms with van der Waals surface area (Å²) in [6.45, 7) is 3.26. The fraction of sp³-hybridized carbons (Fsp3) is 0.393. The highest BCUT2D eigenvalue weighted by molar-refractivity contribution is 5.81. The van der Waals surface area contributed by atoms with Gasteiger partial charge in [0.1, 0.15) is 11.9 Å². The summed E-state index contributed by atoms with van der Waals surface area (Å²) in [5.41, 5.74) is 10.0. The first-order valence-electron chi connectivity index (χ1n) is 13.3. The minimum absolute atomic E-state index is 0.0429. The molecule has 0 bridgehead atoms. The summed E-state index contributed by atoms with van der Waals surface area (Å²) in [5.74, 6) is -0.484. The molecule has 5 rings (SSSR count). The fourth-order valence-electron chi connectivity index (χ4n) is 4.79. The SMILES string of the molecule is Nc1cc(-c2ccnc(Nc3ccc(N4CCOCC4)cc3)n2)ccc1OC1CCN(C(=O)[C@@H](O)C(F)(F)F)CC1. The van der Waals surface area contributed by atoms with Gasteiger partial charge in [-0.3, -0.25) is 4.79 Å². The van der Waals surface area contributed by atoms with Crippen LogP contribution in [0.15, 0.2) is 54.7 Å². The number of nitrogens with one attached hydrogen (secondary N) is 1. The first-order chi connectivity index (χ1) is 19.7. The van der Waals surface area contributed by atoms with E-state index in [1.165, 1.54) is 0 Å². The molecule has 2 aromatic carbocycles. The van der Waals surface area contributed by atoms with Gasteiger partial charge in [0.15, 0.2) is 0 Å². The Morgan fingerprint density at radius 1 is 1.07 bits per heavy atom. The molecular formula is C28H31F3N6O4. The number of ether oxygens (including phenoxy) is 2. The summed E-state index contributed by atoms with van der Waals surface area (Å²) >= 11 is 0. The average molecular weight is 573 g/mol. The number of nitrogens with zero attached hydrogens (tertiary/aromatic N) is 4. The van der Waals surface area contributed by atoms with Crippen molar-refractivity contribution in [1.82, 2.24) is 14.9 Å². The second kappa shape index (κ2) is 12.2. The molecule has 10 nitrogen and oxygen atoms in total. The van der Waals surface area contributed by atoms with Crippen LogP contribution in [0.1, 0.15) is 12.8 Å². The highest BCUT2D eigenvalue weighted by atomic mass is 19.4. The van der Waals surface area contributed by atoms with Crippen LogP contribution >= 0.6 is 0 Å². The number of nitrogen functional groups attached to an aromatic ring is 1. The molecule has 3 heterocycles. The van der Waals surface area contributed by atoms with Crippen LogP contribution in [-0.2, 0) is 9.53 Å². The Kier molecular flexibility index (Phi) is 8.45. The molecule has 2 aliphatic rings. The number of halogens is 3. The minimum Gasteiger partial charge on any atom is -0.488 e. The first kappa shape index (κ1) is 28.4. The van der Waals surface area contributed by atoms with E-state index in [-0.39, 0.29) is 19.2 Å². The third-order valence-electron chi connectivity index (χ3n) is 7.05. The van der Waals surface area contributed by atoms with Crippen molar-refractivity contribution in [2.75, 3.05) is 55.3 Å². The number of hydrogen-bond acceptors (Lipinski definition) is 9. The number of piperidine rings is 1. The van der Waals surface area contributed by atoms with E-state index in [1.54, 1.807) is 24.4 Å². The largest absolute Gasteiger partial charge is 0.488 e. The molecule has 13 heteroatoms. The van der Waals surface area contributed by atoms with Crippen molar-refractivity contribution < 1.29 is 32.5 Å². The molecule has 1 amide bonds. The van der Waals surface area contributed by atoms with Gasteiger partial charge in [-0.15, -0.1) is 0 Å². The number of carbonyl (C=O) groups is 1. The molecular weight excluding hydrogens is 541 g/mol. The predicted molar refractivity (Wildman–Crippen MR) is 147 cm³/mol. The molecule has 2 aliphatic heterocycles. The third kappa shape index (κ3) is 6.98. The Hall–Kier alpha value is -4.10. The van der Waals surface area contributed by atoms with Crippen molar-refractivity contribution in [2.45, 2.75) is 31.2 Å². The van der Waals surface area contributed by atoms with Gasteiger partial charge in [-0.1, -0.05) is 0 Å². The van der Waals surface area contributed by atoms with Crippen LogP contribution in [-0.4, -0.2) is 83.7 Å². The van der Waals surface area contributed by atoms with E-state index in [1.807, 2.05) is 30.3 Å². The van der Waals surface area contributed by atoms with Gasteiger partial charge in [-0.2, -0.15) is 13.2 Å². The number of amides is 1. The van der Waals surface area contributed by atoms with Gasteiger partial charge in [-0.05, 0) is 48.5 Å². The zero-order valence-corrected chi connectivity index (χ0v) is 22.2. The van der Waals surface area contributed by atoms with E-state index in [4.69, 9.17) is 15.2 Å². The Morgan fingerprint density at radius 3 is 2.44 bits per heavy atom. The van der Waals surface area contributed by atoms with Crippen molar-refractivity contribution in [2.24, 2.45) is 0 Å². The van der Waals surface area contributed by atoms with Crippen LogP contribution in [0.3, 0.4) is 0 Å². The van der Waals surface area contributed by atoms with Gasteiger partial charge in [0.05, 0.1) is 24.6 Å². The van der Waals surface area contributed by atoms with Gasteiger partial charge >= 0.3 is 6.18 Å². The van der Waals surface area contributed by atoms with Crippen molar-refractivity contribution in [3.63, 3.8) is 0 Å². The van der Waals surface area contributed by atoms with E-state index < -0.39 is 18.2 Å². The minimum atomic E-state index is -4.99. The summed E-state index contributed by atoms with van der Waals surface area (Å²) in [7, 11) is 0. The Labute approximate surface area is 234 Å². The zero-order valence-electron chi connectivity index (χ0n) is 22.2. The Morgan fingerprint density at radius 2 is 1.78 bits per heavy atom. The smallest absolute Gasteiger partial charge is 0.423 e. The summed E-state index contributed by atoms with van der Waals surface area (Å²) in [4.78, 5) is 24.1. The van der Waals surface area contributed by atoms with E-state index in [0.717, 1.165) is 48.1 Å². The summed E-state index contributed by atoms with van der Waals surface area (Å²) in [6, 6.07) is 15.1. The van der Waals surface area contributed by atoms with Gasteiger partial charge in [-0.25, -0.2) is 9.97 Å². The van der Waals surface area contributed by atoms with Gasteiger partial charge < -0.3 is 35.4 Å². The molecule has 3 aromatic rings. The van der Waals surface area contributed by atoms with Crippen LogP contribution in [0.5, 0.6) is 5.75 Å².